The normalized spacial score (nSPS) is 10.6. The van der Waals surface area contributed by atoms with Crippen molar-refractivity contribution in [1.29, 1.82) is 0 Å². The van der Waals surface area contributed by atoms with E-state index in [1.165, 1.54) is 12.1 Å². The van der Waals surface area contributed by atoms with E-state index in [1.807, 2.05) is 13.8 Å². The van der Waals surface area contributed by atoms with Gasteiger partial charge in [0.05, 0.1) is 0 Å². The van der Waals surface area contributed by atoms with Gasteiger partial charge < -0.3 is 5.32 Å². The standard InChI is InChI=1S/C14H13Cl3N4O/c1-3-8-12(17)19-11(4-2)20-13(8)21-14(22)7-5-9(15)18-10(16)6-7/h5-6H,3-4H2,1-2H3,(H,19,20,21,22). The van der Waals surface area contributed by atoms with E-state index in [0.29, 0.717) is 40.8 Å². The maximum absolute atomic E-state index is 12.3. The monoisotopic (exact) mass is 358 g/mol. The van der Waals surface area contributed by atoms with Crippen molar-refractivity contribution >= 4 is 46.5 Å². The molecule has 2 aromatic rings. The number of halogens is 3. The lowest BCUT2D eigenvalue weighted by atomic mass is 10.2. The summed E-state index contributed by atoms with van der Waals surface area (Å²) in [6.45, 7) is 3.82. The molecule has 0 aliphatic heterocycles. The Balaban J connectivity index is 2.37. The molecule has 1 N–H and O–H groups in total. The highest BCUT2D eigenvalue weighted by atomic mass is 35.5. The summed E-state index contributed by atoms with van der Waals surface area (Å²) < 4.78 is 0. The van der Waals surface area contributed by atoms with Gasteiger partial charge in [-0.1, -0.05) is 48.7 Å². The SMILES string of the molecule is CCc1nc(Cl)c(CC)c(NC(=O)c2cc(Cl)nc(Cl)c2)n1. The molecule has 0 aromatic carbocycles. The van der Waals surface area contributed by atoms with Crippen LogP contribution in [-0.2, 0) is 12.8 Å². The van der Waals surface area contributed by atoms with Gasteiger partial charge in [0.25, 0.3) is 5.91 Å². The Labute approximate surface area is 143 Å². The van der Waals surface area contributed by atoms with Crippen LogP contribution in [0.15, 0.2) is 12.1 Å². The Morgan fingerprint density at radius 3 is 2.23 bits per heavy atom. The number of carbonyl (C=O) groups excluding carboxylic acids is 1. The van der Waals surface area contributed by atoms with Gasteiger partial charge in [0, 0.05) is 17.5 Å². The van der Waals surface area contributed by atoms with Crippen molar-refractivity contribution in [2.24, 2.45) is 0 Å². The first-order chi connectivity index (χ1) is 10.4. The molecular formula is C14H13Cl3N4O. The first-order valence-corrected chi connectivity index (χ1v) is 7.77. The molecule has 0 atom stereocenters. The number of rotatable bonds is 4. The van der Waals surface area contributed by atoms with E-state index >= 15 is 0 Å². The molecule has 0 aliphatic carbocycles. The van der Waals surface area contributed by atoms with Gasteiger partial charge in [-0.25, -0.2) is 15.0 Å². The summed E-state index contributed by atoms with van der Waals surface area (Å²) in [5, 5.41) is 3.36. The van der Waals surface area contributed by atoms with Crippen molar-refractivity contribution in [3.63, 3.8) is 0 Å². The van der Waals surface area contributed by atoms with Gasteiger partial charge in [0.2, 0.25) is 0 Å². The summed E-state index contributed by atoms with van der Waals surface area (Å²) in [7, 11) is 0. The van der Waals surface area contributed by atoms with E-state index < -0.39 is 5.91 Å². The van der Waals surface area contributed by atoms with Crippen LogP contribution in [0.1, 0.15) is 35.6 Å². The molecule has 0 saturated carbocycles. The maximum Gasteiger partial charge on any atom is 0.257 e. The fourth-order valence-corrected chi connectivity index (χ4v) is 2.63. The van der Waals surface area contributed by atoms with Crippen molar-refractivity contribution in [2.75, 3.05) is 5.32 Å². The fourth-order valence-electron chi connectivity index (χ4n) is 1.85. The van der Waals surface area contributed by atoms with E-state index in [4.69, 9.17) is 34.8 Å². The number of nitrogens with one attached hydrogen (secondary N) is 1. The predicted octanol–water partition coefficient (Wildman–Crippen LogP) is 4.21. The van der Waals surface area contributed by atoms with Crippen molar-refractivity contribution in [1.82, 2.24) is 15.0 Å². The van der Waals surface area contributed by atoms with Crippen LogP contribution in [0, 0.1) is 0 Å². The summed E-state index contributed by atoms with van der Waals surface area (Å²) in [4.78, 5) is 24.6. The molecule has 0 bridgehead atoms. The molecule has 8 heteroatoms. The molecule has 5 nitrogen and oxygen atoms in total. The lowest BCUT2D eigenvalue weighted by Crippen LogP contribution is -2.16. The highest BCUT2D eigenvalue weighted by Gasteiger charge is 2.15. The first kappa shape index (κ1) is 16.9. The van der Waals surface area contributed by atoms with Crippen LogP contribution in [0.3, 0.4) is 0 Å². The third-order valence-corrected chi connectivity index (χ3v) is 3.63. The number of amides is 1. The largest absolute Gasteiger partial charge is 0.306 e. The summed E-state index contributed by atoms with van der Waals surface area (Å²) in [6, 6.07) is 2.86. The topological polar surface area (TPSA) is 67.8 Å². The average molecular weight is 360 g/mol. The Morgan fingerprint density at radius 2 is 1.68 bits per heavy atom. The minimum atomic E-state index is -0.391. The van der Waals surface area contributed by atoms with Gasteiger partial charge in [-0.05, 0) is 18.6 Å². The number of hydrogen-bond donors (Lipinski definition) is 1. The van der Waals surface area contributed by atoms with E-state index in [-0.39, 0.29) is 10.3 Å². The average Bonchev–Trinajstić information content (AvgIpc) is 2.45. The molecule has 0 saturated heterocycles. The lowest BCUT2D eigenvalue weighted by Gasteiger charge is -2.12. The minimum Gasteiger partial charge on any atom is -0.306 e. The maximum atomic E-state index is 12.3. The highest BCUT2D eigenvalue weighted by molar-refractivity contribution is 6.33. The van der Waals surface area contributed by atoms with Crippen molar-refractivity contribution in [2.45, 2.75) is 26.7 Å². The van der Waals surface area contributed by atoms with Crippen molar-refractivity contribution in [3.8, 4) is 0 Å². The number of aromatic nitrogens is 3. The second kappa shape index (κ2) is 7.22. The van der Waals surface area contributed by atoms with Crippen molar-refractivity contribution in [3.05, 3.63) is 44.5 Å². The Bertz CT molecular complexity index is 701. The number of nitrogens with zero attached hydrogens (tertiary/aromatic N) is 3. The number of hydrogen-bond acceptors (Lipinski definition) is 4. The van der Waals surface area contributed by atoms with Gasteiger partial charge in [-0.15, -0.1) is 0 Å². The van der Waals surface area contributed by atoms with Crippen LogP contribution < -0.4 is 5.32 Å². The third kappa shape index (κ3) is 3.85. The van der Waals surface area contributed by atoms with Crippen LogP contribution in [0.25, 0.3) is 0 Å². The van der Waals surface area contributed by atoms with E-state index in [9.17, 15) is 4.79 Å². The summed E-state index contributed by atoms with van der Waals surface area (Å²) >= 11 is 17.8. The molecule has 0 spiro atoms. The van der Waals surface area contributed by atoms with Crippen molar-refractivity contribution < 1.29 is 4.79 Å². The molecule has 0 unspecified atom stereocenters. The zero-order chi connectivity index (χ0) is 16.3. The van der Waals surface area contributed by atoms with Gasteiger partial charge >= 0.3 is 0 Å². The summed E-state index contributed by atoms with van der Waals surface area (Å²) in [5.41, 5.74) is 0.971. The van der Waals surface area contributed by atoms with Gasteiger partial charge in [0.1, 0.15) is 27.1 Å². The van der Waals surface area contributed by atoms with Gasteiger partial charge in [-0.2, -0.15) is 0 Å². The van der Waals surface area contributed by atoms with Gasteiger partial charge in [-0.3, -0.25) is 4.79 Å². The quantitative estimate of drug-likeness (QED) is 0.656. The molecule has 22 heavy (non-hydrogen) atoms. The van der Waals surface area contributed by atoms with Gasteiger partial charge in [0.15, 0.2) is 0 Å². The number of carbonyl (C=O) groups is 1. The number of aryl methyl sites for hydroxylation is 1. The fraction of sp³-hybridized carbons (Fsp3) is 0.286. The zero-order valence-corrected chi connectivity index (χ0v) is 14.2. The smallest absolute Gasteiger partial charge is 0.257 e. The molecular weight excluding hydrogens is 347 g/mol. The molecule has 0 aliphatic rings. The molecule has 1 amide bonds. The van der Waals surface area contributed by atoms with Crippen LogP contribution in [0.4, 0.5) is 5.82 Å². The molecule has 2 heterocycles. The second-order valence-corrected chi connectivity index (χ2v) is 5.55. The predicted molar refractivity (Wildman–Crippen MR) is 88.0 cm³/mol. The second-order valence-electron chi connectivity index (χ2n) is 4.42. The van der Waals surface area contributed by atoms with Crippen LogP contribution in [-0.4, -0.2) is 20.9 Å². The zero-order valence-electron chi connectivity index (χ0n) is 12.0. The van der Waals surface area contributed by atoms with E-state index in [2.05, 4.69) is 20.3 Å². The summed E-state index contributed by atoms with van der Waals surface area (Å²) in [5.74, 6) is 0.564. The molecule has 2 aromatic heterocycles. The third-order valence-electron chi connectivity index (χ3n) is 2.93. The van der Waals surface area contributed by atoms with E-state index in [1.54, 1.807) is 0 Å². The number of pyridine rings is 1. The minimum absolute atomic E-state index is 0.142. The van der Waals surface area contributed by atoms with Crippen LogP contribution >= 0.6 is 34.8 Å². The Hall–Kier alpha value is -1.43. The van der Waals surface area contributed by atoms with E-state index in [0.717, 1.165) is 0 Å². The van der Waals surface area contributed by atoms with Crippen LogP contribution in [0.2, 0.25) is 15.5 Å². The number of anilines is 1. The molecule has 116 valence electrons. The first-order valence-electron chi connectivity index (χ1n) is 6.64. The molecule has 0 radical (unpaired) electrons. The lowest BCUT2D eigenvalue weighted by molar-refractivity contribution is 0.102. The van der Waals surface area contributed by atoms with Crippen LogP contribution in [0.5, 0.6) is 0 Å². The molecule has 2 rings (SSSR count). The molecule has 0 fully saturated rings. The highest BCUT2D eigenvalue weighted by Crippen LogP contribution is 2.23. The Kier molecular flexibility index (Phi) is 5.56. The summed E-state index contributed by atoms with van der Waals surface area (Å²) in [6.07, 6.45) is 1.20. The Morgan fingerprint density at radius 1 is 1.05 bits per heavy atom.